The van der Waals surface area contributed by atoms with Crippen LogP contribution in [0.5, 0.6) is 0 Å². The lowest BCUT2D eigenvalue weighted by Gasteiger charge is -2.09. The van der Waals surface area contributed by atoms with Gasteiger partial charge in [0.05, 0.1) is 5.69 Å². The Kier molecular flexibility index (Phi) is 9.97. The number of halogens is 1. The van der Waals surface area contributed by atoms with E-state index in [1.165, 1.54) is 0 Å². The molecule has 1 aromatic carbocycles. The second kappa shape index (κ2) is 9.20. The molecule has 0 aliphatic heterocycles. The SMILES string of the molecule is CC.CC.CCc1c(C)c(C)cc(N)c1F. The first-order valence-electron chi connectivity index (χ1n) is 6.12. The number of nitrogens with two attached hydrogens (primary N) is 1. The molecule has 0 aromatic heterocycles. The summed E-state index contributed by atoms with van der Waals surface area (Å²) < 4.78 is 13.3. The Bertz CT molecular complexity index is 280. The highest BCUT2D eigenvalue weighted by Gasteiger charge is 2.09. The average Bonchev–Trinajstić information content (AvgIpc) is 2.33. The van der Waals surface area contributed by atoms with E-state index in [0.717, 1.165) is 16.7 Å². The van der Waals surface area contributed by atoms with Crippen molar-refractivity contribution in [3.05, 3.63) is 28.6 Å². The molecular weight excluding hydrogens is 201 g/mol. The van der Waals surface area contributed by atoms with Gasteiger partial charge in [-0.1, -0.05) is 34.6 Å². The van der Waals surface area contributed by atoms with Crippen molar-refractivity contribution in [2.75, 3.05) is 5.73 Å². The fourth-order valence-electron chi connectivity index (χ4n) is 1.40. The zero-order chi connectivity index (χ0) is 13.3. The molecule has 0 spiro atoms. The van der Waals surface area contributed by atoms with Gasteiger partial charge in [0, 0.05) is 0 Å². The van der Waals surface area contributed by atoms with Crippen LogP contribution in [-0.2, 0) is 6.42 Å². The van der Waals surface area contributed by atoms with Crippen LogP contribution in [0.2, 0.25) is 0 Å². The van der Waals surface area contributed by atoms with E-state index in [9.17, 15) is 4.39 Å². The summed E-state index contributed by atoms with van der Waals surface area (Å²) in [5.41, 5.74) is 8.57. The van der Waals surface area contributed by atoms with Crippen LogP contribution in [0.25, 0.3) is 0 Å². The zero-order valence-electron chi connectivity index (χ0n) is 11.7. The predicted molar refractivity (Wildman–Crippen MR) is 72.4 cm³/mol. The number of rotatable bonds is 1. The van der Waals surface area contributed by atoms with Gasteiger partial charge in [0.2, 0.25) is 0 Å². The van der Waals surface area contributed by atoms with Gasteiger partial charge in [0.25, 0.3) is 0 Å². The van der Waals surface area contributed by atoms with E-state index in [1.54, 1.807) is 6.07 Å². The summed E-state index contributed by atoms with van der Waals surface area (Å²) >= 11 is 0. The quantitative estimate of drug-likeness (QED) is 0.695. The molecule has 0 atom stereocenters. The number of hydrogen-bond acceptors (Lipinski definition) is 1. The molecule has 16 heavy (non-hydrogen) atoms. The molecule has 1 aromatic rings. The van der Waals surface area contributed by atoms with Crippen molar-refractivity contribution in [3.63, 3.8) is 0 Å². The molecule has 0 fully saturated rings. The molecule has 0 saturated heterocycles. The fourth-order valence-corrected chi connectivity index (χ4v) is 1.40. The number of anilines is 1. The Labute approximate surface area is 99.9 Å². The third kappa shape index (κ3) is 4.21. The lowest BCUT2D eigenvalue weighted by molar-refractivity contribution is 0.614. The Balaban J connectivity index is 0. The smallest absolute Gasteiger partial charge is 0.149 e. The molecule has 0 heterocycles. The van der Waals surface area contributed by atoms with Crippen molar-refractivity contribution in [1.29, 1.82) is 0 Å². The normalized spacial score (nSPS) is 8.50. The monoisotopic (exact) mass is 227 g/mol. The third-order valence-corrected chi connectivity index (χ3v) is 2.29. The van der Waals surface area contributed by atoms with E-state index < -0.39 is 0 Å². The van der Waals surface area contributed by atoms with Crippen molar-refractivity contribution in [1.82, 2.24) is 0 Å². The number of hydrogen-bond donors (Lipinski definition) is 1. The zero-order valence-corrected chi connectivity index (χ0v) is 11.7. The summed E-state index contributed by atoms with van der Waals surface area (Å²) in [5, 5.41) is 0. The minimum Gasteiger partial charge on any atom is -0.396 e. The van der Waals surface area contributed by atoms with Gasteiger partial charge in [-0.15, -0.1) is 0 Å². The summed E-state index contributed by atoms with van der Waals surface area (Å²) in [4.78, 5) is 0. The van der Waals surface area contributed by atoms with Gasteiger partial charge < -0.3 is 5.73 Å². The Hall–Kier alpha value is -1.05. The Morgan fingerprint density at radius 2 is 1.56 bits per heavy atom. The summed E-state index contributed by atoms with van der Waals surface area (Å²) in [5.74, 6) is -0.249. The minimum absolute atomic E-state index is 0.249. The van der Waals surface area contributed by atoms with Gasteiger partial charge >= 0.3 is 0 Å². The van der Waals surface area contributed by atoms with E-state index in [1.807, 2.05) is 48.5 Å². The molecule has 1 nitrogen and oxygen atoms in total. The van der Waals surface area contributed by atoms with E-state index in [2.05, 4.69) is 0 Å². The van der Waals surface area contributed by atoms with Crippen LogP contribution in [0, 0.1) is 19.7 Å². The molecule has 0 radical (unpaired) electrons. The maximum absolute atomic E-state index is 13.3. The second-order valence-electron chi connectivity index (χ2n) is 3.05. The van der Waals surface area contributed by atoms with Crippen molar-refractivity contribution < 1.29 is 4.39 Å². The number of aryl methyl sites for hydroxylation is 1. The number of benzene rings is 1. The largest absolute Gasteiger partial charge is 0.396 e. The van der Waals surface area contributed by atoms with Crippen molar-refractivity contribution >= 4 is 5.69 Å². The van der Waals surface area contributed by atoms with E-state index in [0.29, 0.717) is 6.42 Å². The maximum atomic E-state index is 13.3. The summed E-state index contributed by atoms with van der Waals surface area (Å²) in [6, 6.07) is 1.68. The van der Waals surface area contributed by atoms with Gasteiger partial charge in [0.1, 0.15) is 5.82 Å². The summed E-state index contributed by atoms with van der Waals surface area (Å²) in [7, 11) is 0. The van der Waals surface area contributed by atoms with Crippen LogP contribution in [-0.4, -0.2) is 0 Å². The molecule has 0 unspecified atom stereocenters. The van der Waals surface area contributed by atoms with Crippen LogP contribution in [0.4, 0.5) is 10.1 Å². The van der Waals surface area contributed by atoms with Crippen molar-refractivity contribution in [2.45, 2.75) is 54.9 Å². The van der Waals surface area contributed by atoms with Crippen molar-refractivity contribution in [3.8, 4) is 0 Å². The van der Waals surface area contributed by atoms with Gasteiger partial charge in [-0.05, 0) is 43.0 Å². The van der Waals surface area contributed by atoms with Crippen LogP contribution in [0.3, 0.4) is 0 Å². The predicted octanol–water partition coefficient (Wildman–Crippen LogP) is 4.64. The first kappa shape index (κ1) is 17.3. The molecular formula is C14H26FN. The first-order chi connectivity index (χ1) is 7.57. The van der Waals surface area contributed by atoms with E-state index in [-0.39, 0.29) is 11.5 Å². The molecule has 0 aliphatic rings. The second-order valence-corrected chi connectivity index (χ2v) is 3.05. The van der Waals surface area contributed by atoms with Crippen LogP contribution < -0.4 is 5.73 Å². The highest BCUT2D eigenvalue weighted by atomic mass is 19.1. The maximum Gasteiger partial charge on any atom is 0.149 e. The molecule has 2 heteroatoms. The van der Waals surface area contributed by atoms with Crippen LogP contribution >= 0.6 is 0 Å². The molecule has 0 bridgehead atoms. The highest BCUT2D eigenvalue weighted by molar-refractivity contribution is 5.50. The number of nitrogen functional groups attached to an aromatic ring is 1. The topological polar surface area (TPSA) is 26.0 Å². The van der Waals surface area contributed by atoms with Gasteiger partial charge in [-0.25, -0.2) is 4.39 Å². The molecule has 0 saturated carbocycles. The first-order valence-corrected chi connectivity index (χ1v) is 6.12. The fraction of sp³-hybridized carbons (Fsp3) is 0.571. The lowest BCUT2D eigenvalue weighted by atomic mass is 10.00. The van der Waals surface area contributed by atoms with Crippen molar-refractivity contribution in [2.24, 2.45) is 0 Å². The molecule has 94 valence electrons. The van der Waals surface area contributed by atoms with Crippen LogP contribution in [0.15, 0.2) is 6.07 Å². The van der Waals surface area contributed by atoms with Gasteiger partial charge in [-0.3, -0.25) is 0 Å². The Morgan fingerprint density at radius 1 is 1.12 bits per heavy atom. The van der Waals surface area contributed by atoms with Gasteiger partial charge in [-0.2, -0.15) is 0 Å². The molecule has 0 amide bonds. The minimum atomic E-state index is -0.249. The Morgan fingerprint density at radius 3 is 1.94 bits per heavy atom. The molecule has 2 N–H and O–H groups in total. The summed E-state index contributed by atoms with van der Waals surface area (Å²) in [6.45, 7) is 13.8. The van der Waals surface area contributed by atoms with E-state index in [4.69, 9.17) is 5.73 Å². The molecule has 0 aliphatic carbocycles. The lowest BCUT2D eigenvalue weighted by Crippen LogP contribution is -2.00. The van der Waals surface area contributed by atoms with Gasteiger partial charge in [0.15, 0.2) is 0 Å². The summed E-state index contributed by atoms with van der Waals surface area (Å²) in [6.07, 6.45) is 0.698. The van der Waals surface area contributed by atoms with Crippen LogP contribution in [0.1, 0.15) is 51.3 Å². The third-order valence-electron chi connectivity index (χ3n) is 2.29. The highest BCUT2D eigenvalue weighted by Crippen LogP contribution is 2.22. The standard InChI is InChI=1S/C10H14FN.2C2H6/c1-4-8-7(3)6(2)5-9(12)10(8)11;2*1-2/h5H,4,12H2,1-3H3;2*1-2H3. The molecule has 1 rings (SSSR count). The average molecular weight is 227 g/mol. The van der Waals surface area contributed by atoms with E-state index >= 15 is 0 Å².